The fourth-order valence-corrected chi connectivity index (χ4v) is 4.34. The average Bonchev–Trinajstić information content (AvgIpc) is 3.00. The number of carbonyl (C=O) groups excluding carboxylic acids is 3. The maximum absolute atomic E-state index is 12.8. The molecule has 2 heterocycles. The van der Waals surface area contributed by atoms with Crippen LogP contribution in [0.3, 0.4) is 0 Å². The number of imide groups is 1. The second kappa shape index (κ2) is 9.25. The number of hydrogen-bond donors (Lipinski definition) is 1. The van der Waals surface area contributed by atoms with Crippen LogP contribution in [0.4, 0.5) is 5.69 Å². The van der Waals surface area contributed by atoms with E-state index in [0.717, 1.165) is 25.6 Å². The SMILES string of the molecule is CC(C)CN1C(=O)c2ccc(C(=O)Nc3ccc(CN4CCC(C)CC4)cc3)cc2C1=O. The molecule has 1 N–H and O–H groups in total. The minimum Gasteiger partial charge on any atom is -0.322 e. The predicted octanol–water partition coefficient (Wildman–Crippen LogP) is 4.42. The second-order valence-corrected chi connectivity index (χ2v) is 9.48. The van der Waals surface area contributed by atoms with E-state index in [4.69, 9.17) is 0 Å². The van der Waals surface area contributed by atoms with Crippen molar-refractivity contribution in [1.82, 2.24) is 9.80 Å². The van der Waals surface area contributed by atoms with Crippen LogP contribution in [0.2, 0.25) is 0 Å². The molecule has 2 aliphatic rings. The lowest BCUT2D eigenvalue weighted by Gasteiger charge is -2.30. The van der Waals surface area contributed by atoms with E-state index in [1.54, 1.807) is 12.1 Å². The highest BCUT2D eigenvalue weighted by atomic mass is 16.2. The van der Waals surface area contributed by atoms with Gasteiger partial charge < -0.3 is 5.32 Å². The van der Waals surface area contributed by atoms with Crippen LogP contribution in [0.25, 0.3) is 0 Å². The molecular weight excluding hydrogens is 402 g/mol. The van der Waals surface area contributed by atoms with E-state index in [1.807, 2.05) is 38.1 Å². The van der Waals surface area contributed by atoms with Gasteiger partial charge in [-0.1, -0.05) is 32.9 Å². The van der Waals surface area contributed by atoms with E-state index in [9.17, 15) is 14.4 Å². The number of hydrogen-bond acceptors (Lipinski definition) is 4. The van der Waals surface area contributed by atoms with Crippen LogP contribution in [0.1, 0.15) is 70.3 Å². The second-order valence-electron chi connectivity index (χ2n) is 9.48. The van der Waals surface area contributed by atoms with E-state index in [0.29, 0.717) is 28.9 Å². The van der Waals surface area contributed by atoms with Crippen LogP contribution in [-0.4, -0.2) is 47.2 Å². The number of piperidine rings is 1. The van der Waals surface area contributed by atoms with E-state index < -0.39 is 0 Å². The standard InChI is InChI=1S/C26H31N3O3/c1-17(2)15-29-25(31)22-9-6-20(14-23(22)26(29)32)24(30)27-21-7-4-19(5-8-21)16-28-12-10-18(3)11-13-28/h4-9,14,17-18H,10-13,15-16H2,1-3H3,(H,27,30). The van der Waals surface area contributed by atoms with Crippen molar-refractivity contribution in [1.29, 1.82) is 0 Å². The number of nitrogens with one attached hydrogen (secondary N) is 1. The van der Waals surface area contributed by atoms with E-state index in [1.165, 1.54) is 29.4 Å². The molecule has 0 radical (unpaired) electrons. The molecule has 3 amide bonds. The molecule has 168 valence electrons. The van der Waals surface area contributed by atoms with Crippen molar-refractivity contribution in [3.63, 3.8) is 0 Å². The third-order valence-electron chi connectivity index (χ3n) is 6.27. The van der Waals surface area contributed by atoms with Gasteiger partial charge in [-0.05, 0) is 73.7 Å². The zero-order chi connectivity index (χ0) is 22.8. The molecule has 2 aliphatic heterocycles. The molecule has 6 nitrogen and oxygen atoms in total. The van der Waals surface area contributed by atoms with Crippen molar-refractivity contribution in [3.8, 4) is 0 Å². The molecule has 0 aromatic heterocycles. The summed E-state index contributed by atoms with van der Waals surface area (Å²) in [5.41, 5.74) is 2.96. The van der Waals surface area contributed by atoms with Crippen molar-refractivity contribution < 1.29 is 14.4 Å². The Bertz CT molecular complexity index is 1020. The molecule has 0 atom stereocenters. The third-order valence-corrected chi connectivity index (χ3v) is 6.27. The highest BCUT2D eigenvalue weighted by Gasteiger charge is 2.36. The first kappa shape index (κ1) is 22.2. The van der Waals surface area contributed by atoms with Crippen LogP contribution < -0.4 is 5.32 Å². The highest BCUT2D eigenvalue weighted by molar-refractivity contribution is 6.22. The first-order valence-corrected chi connectivity index (χ1v) is 11.4. The largest absolute Gasteiger partial charge is 0.322 e. The minimum absolute atomic E-state index is 0.182. The summed E-state index contributed by atoms with van der Waals surface area (Å²) >= 11 is 0. The average molecular weight is 434 g/mol. The maximum atomic E-state index is 12.8. The van der Waals surface area contributed by atoms with Crippen molar-refractivity contribution in [2.75, 3.05) is 25.0 Å². The van der Waals surface area contributed by atoms with Gasteiger partial charge >= 0.3 is 0 Å². The van der Waals surface area contributed by atoms with E-state index in [2.05, 4.69) is 17.1 Å². The molecule has 0 saturated carbocycles. The molecule has 0 aliphatic carbocycles. The van der Waals surface area contributed by atoms with E-state index >= 15 is 0 Å². The lowest BCUT2D eigenvalue weighted by atomic mass is 9.99. The maximum Gasteiger partial charge on any atom is 0.261 e. The summed E-state index contributed by atoms with van der Waals surface area (Å²) in [6.07, 6.45) is 2.50. The number of amides is 3. The van der Waals surface area contributed by atoms with Gasteiger partial charge in [-0.15, -0.1) is 0 Å². The predicted molar refractivity (Wildman–Crippen MR) is 125 cm³/mol. The first-order valence-electron chi connectivity index (χ1n) is 11.4. The number of benzene rings is 2. The summed E-state index contributed by atoms with van der Waals surface area (Å²) in [6, 6.07) is 12.6. The van der Waals surface area contributed by atoms with Crippen LogP contribution >= 0.6 is 0 Å². The molecule has 0 bridgehead atoms. The fraction of sp³-hybridized carbons (Fsp3) is 0.423. The Balaban J connectivity index is 1.40. The van der Waals surface area contributed by atoms with Crippen molar-refractivity contribution in [2.24, 2.45) is 11.8 Å². The number of anilines is 1. The molecule has 1 saturated heterocycles. The van der Waals surface area contributed by atoms with Gasteiger partial charge in [0, 0.05) is 24.3 Å². The normalized spacial score (nSPS) is 17.2. The number of fused-ring (bicyclic) bond motifs is 1. The first-order chi connectivity index (χ1) is 15.3. The van der Waals surface area contributed by atoms with Crippen molar-refractivity contribution in [2.45, 2.75) is 40.2 Å². The van der Waals surface area contributed by atoms with Crippen molar-refractivity contribution in [3.05, 3.63) is 64.7 Å². The Morgan fingerprint density at radius 1 is 1.00 bits per heavy atom. The van der Waals surface area contributed by atoms with Gasteiger partial charge in [-0.25, -0.2) is 0 Å². The zero-order valence-electron chi connectivity index (χ0n) is 19.1. The number of likely N-dealkylation sites (tertiary alicyclic amines) is 1. The summed E-state index contributed by atoms with van der Waals surface area (Å²) in [5.74, 6) is 0.0820. The summed E-state index contributed by atoms with van der Waals surface area (Å²) in [4.78, 5) is 41.7. The molecule has 6 heteroatoms. The smallest absolute Gasteiger partial charge is 0.261 e. The topological polar surface area (TPSA) is 69.7 Å². The van der Waals surface area contributed by atoms with Gasteiger partial charge in [-0.3, -0.25) is 24.2 Å². The monoisotopic (exact) mass is 433 g/mol. The summed E-state index contributed by atoms with van der Waals surface area (Å²) in [7, 11) is 0. The van der Waals surface area contributed by atoms with E-state index in [-0.39, 0.29) is 23.6 Å². The zero-order valence-corrected chi connectivity index (χ0v) is 19.1. The van der Waals surface area contributed by atoms with Gasteiger partial charge in [0.1, 0.15) is 0 Å². The lowest BCUT2D eigenvalue weighted by Crippen LogP contribution is -2.33. The highest BCUT2D eigenvalue weighted by Crippen LogP contribution is 2.25. The van der Waals surface area contributed by atoms with Gasteiger partial charge in [0.25, 0.3) is 17.7 Å². The Morgan fingerprint density at radius 2 is 1.66 bits per heavy atom. The molecule has 32 heavy (non-hydrogen) atoms. The summed E-state index contributed by atoms with van der Waals surface area (Å²) < 4.78 is 0. The molecule has 0 unspecified atom stereocenters. The van der Waals surface area contributed by atoms with Gasteiger partial charge in [0.2, 0.25) is 0 Å². The number of nitrogens with zero attached hydrogens (tertiary/aromatic N) is 2. The Morgan fingerprint density at radius 3 is 2.31 bits per heavy atom. The Hall–Kier alpha value is -2.99. The molecule has 0 spiro atoms. The summed E-state index contributed by atoms with van der Waals surface area (Å²) in [6.45, 7) is 9.79. The molecule has 2 aromatic carbocycles. The van der Waals surface area contributed by atoms with Crippen LogP contribution in [0.15, 0.2) is 42.5 Å². The fourth-order valence-electron chi connectivity index (χ4n) is 4.34. The molecule has 4 rings (SSSR count). The third kappa shape index (κ3) is 4.75. The van der Waals surface area contributed by atoms with Crippen molar-refractivity contribution >= 4 is 23.4 Å². The van der Waals surface area contributed by atoms with Crippen LogP contribution in [0, 0.1) is 11.8 Å². The molecule has 2 aromatic rings. The number of carbonyl (C=O) groups is 3. The van der Waals surface area contributed by atoms with Gasteiger partial charge in [0.15, 0.2) is 0 Å². The quantitative estimate of drug-likeness (QED) is 0.685. The molecular formula is C26H31N3O3. The Kier molecular flexibility index (Phi) is 6.42. The lowest BCUT2D eigenvalue weighted by molar-refractivity contribution is 0.0636. The number of rotatable bonds is 6. The van der Waals surface area contributed by atoms with Gasteiger partial charge in [-0.2, -0.15) is 0 Å². The molecule has 1 fully saturated rings. The summed E-state index contributed by atoms with van der Waals surface area (Å²) in [5, 5.41) is 2.89. The Labute approximate surface area is 189 Å². The van der Waals surface area contributed by atoms with Crippen LogP contribution in [0.5, 0.6) is 0 Å². The van der Waals surface area contributed by atoms with Gasteiger partial charge in [0.05, 0.1) is 11.1 Å². The minimum atomic E-state index is -0.329. The van der Waals surface area contributed by atoms with Crippen LogP contribution in [-0.2, 0) is 6.54 Å².